The molecule has 5 nitrogen and oxygen atoms in total. The number of rotatable bonds is 7. The van der Waals surface area contributed by atoms with Crippen molar-refractivity contribution in [1.82, 2.24) is 0 Å². The van der Waals surface area contributed by atoms with Crippen LogP contribution in [0.4, 0.5) is 0 Å². The van der Waals surface area contributed by atoms with Crippen LogP contribution >= 0.6 is 11.8 Å². The average molecular weight is 392 g/mol. The number of methoxy groups -OCH3 is 1. The molecule has 0 spiro atoms. The second-order valence-corrected chi connectivity index (χ2v) is 6.87. The third-order valence-corrected chi connectivity index (χ3v) is 5.08. The predicted octanol–water partition coefficient (Wildman–Crippen LogP) is 4.46. The average Bonchev–Trinajstić information content (AvgIpc) is 2.76. The first-order chi connectivity index (χ1) is 13.7. The number of carbonyl (C=O) groups excluding carboxylic acids is 1. The first-order valence-corrected chi connectivity index (χ1v) is 9.61. The molecule has 6 heteroatoms. The molecule has 3 aromatic rings. The Labute approximate surface area is 168 Å². The Morgan fingerprint density at radius 3 is 2.54 bits per heavy atom. The summed E-state index contributed by atoms with van der Waals surface area (Å²) in [6, 6.07) is 24.4. The summed E-state index contributed by atoms with van der Waals surface area (Å²) in [5.74, 6) is 0.939. The Balaban J connectivity index is 1.70. The van der Waals surface area contributed by atoms with E-state index in [9.17, 15) is 4.79 Å². The minimum absolute atomic E-state index is 0.0988. The van der Waals surface area contributed by atoms with Crippen LogP contribution in [0, 0.1) is 0 Å². The van der Waals surface area contributed by atoms with Crippen LogP contribution in [0.25, 0.3) is 0 Å². The molecule has 142 valence electrons. The van der Waals surface area contributed by atoms with E-state index >= 15 is 0 Å². The SMILES string of the molecule is COc1cccc(/C(N)=N\OC(=O)c2ccccc2SCc2ccccc2)c1. The number of hydrogen-bond acceptors (Lipinski definition) is 5. The summed E-state index contributed by atoms with van der Waals surface area (Å²) in [6.07, 6.45) is 0. The maximum Gasteiger partial charge on any atom is 0.366 e. The lowest BCUT2D eigenvalue weighted by Gasteiger charge is -2.07. The molecule has 0 saturated heterocycles. The molecule has 0 saturated carbocycles. The smallest absolute Gasteiger partial charge is 0.366 e. The van der Waals surface area contributed by atoms with Gasteiger partial charge in [-0.2, -0.15) is 0 Å². The molecule has 0 unspecified atom stereocenters. The van der Waals surface area contributed by atoms with Crippen LogP contribution < -0.4 is 10.5 Å². The minimum atomic E-state index is -0.554. The normalized spacial score (nSPS) is 11.1. The van der Waals surface area contributed by atoms with Crippen molar-refractivity contribution in [2.75, 3.05) is 7.11 Å². The Hall–Kier alpha value is -3.25. The minimum Gasteiger partial charge on any atom is -0.497 e. The maximum atomic E-state index is 12.5. The molecule has 2 N–H and O–H groups in total. The number of oxime groups is 1. The molecule has 0 atom stereocenters. The molecule has 3 rings (SSSR count). The van der Waals surface area contributed by atoms with Gasteiger partial charge in [0.1, 0.15) is 5.75 Å². The van der Waals surface area contributed by atoms with Gasteiger partial charge in [0.25, 0.3) is 0 Å². The van der Waals surface area contributed by atoms with Crippen molar-refractivity contribution in [2.24, 2.45) is 10.9 Å². The summed E-state index contributed by atoms with van der Waals surface area (Å²) in [5.41, 5.74) is 8.17. The number of benzene rings is 3. The van der Waals surface area contributed by atoms with E-state index in [1.807, 2.05) is 42.5 Å². The lowest BCUT2D eigenvalue weighted by Crippen LogP contribution is -2.15. The second-order valence-electron chi connectivity index (χ2n) is 5.86. The highest BCUT2D eigenvalue weighted by molar-refractivity contribution is 7.98. The first-order valence-electron chi connectivity index (χ1n) is 8.62. The van der Waals surface area contributed by atoms with Crippen LogP contribution in [0.1, 0.15) is 21.5 Å². The zero-order valence-corrected chi connectivity index (χ0v) is 16.2. The van der Waals surface area contributed by atoms with E-state index in [2.05, 4.69) is 5.16 Å². The molecule has 3 aromatic carbocycles. The van der Waals surface area contributed by atoms with Crippen LogP contribution in [0.3, 0.4) is 0 Å². The zero-order valence-electron chi connectivity index (χ0n) is 15.4. The summed E-state index contributed by atoms with van der Waals surface area (Å²) in [5, 5.41) is 3.79. The Morgan fingerprint density at radius 1 is 1.00 bits per heavy atom. The number of carbonyl (C=O) groups is 1. The van der Waals surface area contributed by atoms with Crippen molar-refractivity contribution < 1.29 is 14.4 Å². The number of ether oxygens (including phenoxy) is 1. The molecular formula is C22H20N2O3S. The van der Waals surface area contributed by atoms with Crippen molar-refractivity contribution in [3.63, 3.8) is 0 Å². The maximum absolute atomic E-state index is 12.5. The third-order valence-electron chi connectivity index (χ3n) is 3.94. The third kappa shape index (κ3) is 5.14. The van der Waals surface area contributed by atoms with Gasteiger partial charge in [0.05, 0.1) is 12.7 Å². The van der Waals surface area contributed by atoms with Crippen LogP contribution in [0.15, 0.2) is 88.9 Å². The molecule has 0 aromatic heterocycles. The molecule has 0 aliphatic heterocycles. The Morgan fingerprint density at radius 2 is 1.75 bits per heavy atom. The number of amidine groups is 1. The topological polar surface area (TPSA) is 73.9 Å². The number of thioether (sulfide) groups is 1. The highest BCUT2D eigenvalue weighted by atomic mass is 32.2. The molecule has 0 amide bonds. The van der Waals surface area contributed by atoms with Crippen molar-refractivity contribution >= 4 is 23.6 Å². The predicted molar refractivity (Wildman–Crippen MR) is 112 cm³/mol. The second kappa shape index (κ2) is 9.62. The van der Waals surface area contributed by atoms with Gasteiger partial charge in [-0.3, -0.25) is 0 Å². The van der Waals surface area contributed by atoms with Gasteiger partial charge < -0.3 is 15.3 Å². The number of nitrogens with two attached hydrogens (primary N) is 1. The molecule has 0 radical (unpaired) electrons. The fourth-order valence-electron chi connectivity index (χ4n) is 2.47. The lowest BCUT2D eigenvalue weighted by molar-refractivity contribution is 0.0512. The fraction of sp³-hybridized carbons (Fsp3) is 0.0909. The van der Waals surface area contributed by atoms with E-state index in [1.165, 1.54) is 5.56 Å². The number of nitrogens with zero attached hydrogens (tertiary/aromatic N) is 1. The van der Waals surface area contributed by atoms with Crippen LogP contribution in [0.5, 0.6) is 5.75 Å². The van der Waals surface area contributed by atoms with Crippen LogP contribution in [0.2, 0.25) is 0 Å². The van der Waals surface area contributed by atoms with E-state index in [0.29, 0.717) is 16.9 Å². The molecule has 28 heavy (non-hydrogen) atoms. The van der Waals surface area contributed by atoms with Crippen LogP contribution in [-0.4, -0.2) is 18.9 Å². The van der Waals surface area contributed by atoms with Crippen molar-refractivity contribution in [2.45, 2.75) is 10.6 Å². The largest absolute Gasteiger partial charge is 0.497 e. The molecular weight excluding hydrogens is 372 g/mol. The Kier molecular flexibility index (Phi) is 6.70. The van der Waals surface area contributed by atoms with Gasteiger partial charge in [0, 0.05) is 16.2 Å². The van der Waals surface area contributed by atoms with E-state index < -0.39 is 5.97 Å². The van der Waals surface area contributed by atoms with Crippen molar-refractivity contribution in [1.29, 1.82) is 0 Å². The summed E-state index contributed by atoms with van der Waals surface area (Å²) in [7, 11) is 1.57. The van der Waals surface area contributed by atoms with Gasteiger partial charge in [-0.15, -0.1) is 11.8 Å². The van der Waals surface area contributed by atoms with Crippen molar-refractivity contribution in [3.8, 4) is 5.75 Å². The zero-order chi connectivity index (χ0) is 19.8. The summed E-state index contributed by atoms with van der Waals surface area (Å²) < 4.78 is 5.16. The first kappa shape index (κ1) is 19.5. The molecule has 0 aliphatic rings. The Bertz CT molecular complexity index is 974. The van der Waals surface area contributed by atoms with Gasteiger partial charge in [0.2, 0.25) is 0 Å². The van der Waals surface area contributed by atoms with E-state index in [-0.39, 0.29) is 5.84 Å². The number of hydrogen-bond donors (Lipinski definition) is 1. The standard InChI is InChI=1S/C22H20N2O3S/c1-26-18-11-7-10-17(14-18)21(23)24-27-22(25)19-12-5-6-13-20(19)28-15-16-8-3-2-4-9-16/h2-14H,15H2,1H3,(H2,23,24). The molecule has 0 bridgehead atoms. The van der Waals surface area contributed by atoms with E-state index in [0.717, 1.165) is 10.6 Å². The summed E-state index contributed by atoms with van der Waals surface area (Å²) in [6.45, 7) is 0. The van der Waals surface area contributed by atoms with Gasteiger partial charge in [-0.25, -0.2) is 4.79 Å². The fourth-order valence-corrected chi connectivity index (χ4v) is 3.47. The summed E-state index contributed by atoms with van der Waals surface area (Å²) in [4.78, 5) is 18.4. The lowest BCUT2D eigenvalue weighted by atomic mass is 10.2. The van der Waals surface area contributed by atoms with Gasteiger partial charge in [-0.1, -0.05) is 59.8 Å². The molecule has 0 heterocycles. The van der Waals surface area contributed by atoms with Gasteiger partial charge in [-0.05, 0) is 29.8 Å². The summed E-state index contributed by atoms with van der Waals surface area (Å²) >= 11 is 1.57. The monoisotopic (exact) mass is 392 g/mol. The van der Waals surface area contributed by atoms with Crippen LogP contribution in [-0.2, 0) is 10.6 Å². The highest BCUT2D eigenvalue weighted by Crippen LogP contribution is 2.27. The van der Waals surface area contributed by atoms with Gasteiger partial charge in [0.15, 0.2) is 5.84 Å². The van der Waals surface area contributed by atoms with E-state index in [4.69, 9.17) is 15.3 Å². The quantitative estimate of drug-likeness (QED) is 0.211. The highest BCUT2D eigenvalue weighted by Gasteiger charge is 2.14. The van der Waals surface area contributed by atoms with Crippen molar-refractivity contribution in [3.05, 3.63) is 95.6 Å². The van der Waals surface area contributed by atoms with E-state index in [1.54, 1.807) is 55.3 Å². The molecule has 0 aliphatic carbocycles. The molecule has 0 fully saturated rings. The van der Waals surface area contributed by atoms with Gasteiger partial charge >= 0.3 is 5.97 Å².